The highest BCUT2D eigenvalue weighted by atomic mass is 19.4. The molecule has 0 aliphatic carbocycles. The van der Waals surface area contributed by atoms with Gasteiger partial charge in [0.1, 0.15) is 6.54 Å². The number of carbonyl (C=O) groups is 1. The van der Waals surface area contributed by atoms with Gasteiger partial charge in [-0.15, -0.1) is 0 Å². The minimum atomic E-state index is -4.50. The van der Waals surface area contributed by atoms with Crippen LogP contribution in [0.3, 0.4) is 0 Å². The first-order valence-corrected chi connectivity index (χ1v) is 6.37. The van der Waals surface area contributed by atoms with Gasteiger partial charge in [0.05, 0.1) is 6.61 Å². The summed E-state index contributed by atoms with van der Waals surface area (Å²) in [5.41, 5.74) is 0.200. The largest absolute Gasteiger partial charge is 0.406 e. The lowest BCUT2D eigenvalue weighted by Crippen LogP contribution is -2.40. The molecular weight excluding hydrogens is 283 g/mol. The Bertz CT molecular complexity index is 635. The van der Waals surface area contributed by atoms with Crippen LogP contribution in [0.5, 0.6) is 0 Å². The van der Waals surface area contributed by atoms with Crippen molar-refractivity contribution in [3.63, 3.8) is 0 Å². The van der Waals surface area contributed by atoms with Crippen molar-refractivity contribution in [1.29, 1.82) is 0 Å². The van der Waals surface area contributed by atoms with Gasteiger partial charge in [0.15, 0.2) is 0 Å². The van der Waals surface area contributed by atoms with E-state index in [0.29, 0.717) is 10.3 Å². The molecule has 0 saturated heterocycles. The van der Waals surface area contributed by atoms with E-state index in [-0.39, 0.29) is 12.1 Å². The number of alkyl halides is 3. The van der Waals surface area contributed by atoms with Crippen LogP contribution in [0.15, 0.2) is 42.5 Å². The molecule has 0 saturated carbocycles. The zero-order chi connectivity index (χ0) is 15.5. The quantitative estimate of drug-likeness (QED) is 0.942. The minimum Gasteiger partial charge on any atom is -0.395 e. The van der Waals surface area contributed by atoms with Gasteiger partial charge in [0.25, 0.3) is 5.91 Å². The Morgan fingerprint density at radius 1 is 1.10 bits per heavy atom. The van der Waals surface area contributed by atoms with Crippen LogP contribution < -0.4 is 0 Å². The molecule has 0 spiro atoms. The predicted molar refractivity (Wildman–Crippen MR) is 73.0 cm³/mol. The van der Waals surface area contributed by atoms with E-state index in [1.807, 2.05) is 0 Å². The topological polar surface area (TPSA) is 40.5 Å². The first-order valence-electron chi connectivity index (χ1n) is 6.37. The lowest BCUT2D eigenvalue weighted by molar-refractivity contribution is -0.141. The second kappa shape index (κ2) is 6.13. The van der Waals surface area contributed by atoms with E-state index in [1.165, 1.54) is 6.07 Å². The highest BCUT2D eigenvalue weighted by Gasteiger charge is 2.33. The molecule has 0 radical (unpaired) electrons. The van der Waals surface area contributed by atoms with E-state index in [2.05, 4.69) is 0 Å². The van der Waals surface area contributed by atoms with Crippen LogP contribution in [-0.4, -0.2) is 41.8 Å². The molecule has 1 amide bonds. The number of rotatable bonds is 4. The summed E-state index contributed by atoms with van der Waals surface area (Å²) in [7, 11) is 0. The number of hydrogen-bond donors (Lipinski definition) is 1. The van der Waals surface area contributed by atoms with Gasteiger partial charge in [-0.25, -0.2) is 0 Å². The van der Waals surface area contributed by atoms with Gasteiger partial charge in [-0.05, 0) is 16.8 Å². The lowest BCUT2D eigenvalue weighted by atomic mass is 10.0. The zero-order valence-corrected chi connectivity index (χ0v) is 11.1. The third-order valence-electron chi connectivity index (χ3n) is 3.05. The Hall–Kier alpha value is -2.08. The van der Waals surface area contributed by atoms with Gasteiger partial charge < -0.3 is 10.0 Å². The van der Waals surface area contributed by atoms with Crippen molar-refractivity contribution in [3.05, 3.63) is 48.0 Å². The van der Waals surface area contributed by atoms with Gasteiger partial charge in [-0.2, -0.15) is 13.2 Å². The molecular formula is C15H14F3NO2. The van der Waals surface area contributed by atoms with Gasteiger partial charge >= 0.3 is 6.18 Å². The van der Waals surface area contributed by atoms with Gasteiger partial charge in [0, 0.05) is 12.1 Å². The van der Waals surface area contributed by atoms with E-state index in [0.717, 1.165) is 5.39 Å². The molecule has 2 aromatic carbocycles. The molecule has 21 heavy (non-hydrogen) atoms. The van der Waals surface area contributed by atoms with Crippen molar-refractivity contribution in [2.45, 2.75) is 6.18 Å². The number of amides is 1. The van der Waals surface area contributed by atoms with Crippen LogP contribution in [0.2, 0.25) is 0 Å². The summed E-state index contributed by atoms with van der Waals surface area (Å²) in [4.78, 5) is 13.0. The second-order valence-electron chi connectivity index (χ2n) is 4.59. The maximum Gasteiger partial charge on any atom is 0.406 e. The molecule has 0 aliphatic heterocycles. The van der Waals surface area contributed by atoms with Crippen LogP contribution in [0.25, 0.3) is 10.8 Å². The number of carbonyl (C=O) groups excluding carboxylic acids is 1. The molecule has 0 bridgehead atoms. The summed E-state index contributed by atoms with van der Waals surface area (Å²) in [5.74, 6) is -0.738. The first kappa shape index (κ1) is 15.3. The van der Waals surface area contributed by atoms with E-state index >= 15 is 0 Å². The maximum absolute atomic E-state index is 12.5. The molecule has 2 rings (SSSR count). The van der Waals surface area contributed by atoms with Gasteiger partial charge in [0.2, 0.25) is 0 Å². The lowest BCUT2D eigenvalue weighted by Gasteiger charge is -2.23. The summed E-state index contributed by atoms with van der Waals surface area (Å²) in [6.45, 7) is -2.26. The third kappa shape index (κ3) is 3.72. The minimum absolute atomic E-state index is 0.200. The second-order valence-corrected chi connectivity index (χ2v) is 4.59. The average Bonchev–Trinajstić information content (AvgIpc) is 2.44. The van der Waals surface area contributed by atoms with Crippen molar-refractivity contribution in [3.8, 4) is 0 Å². The monoisotopic (exact) mass is 297 g/mol. The van der Waals surface area contributed by atoms with Crippen molar-refractivity contribution in [2.75, 3.05) is 19.7 Å². The van der Waals surface area contributed by atoms with Crippen LogP contribution in [-0.2, 0) is 0 Å². The molecule has 0 heterocycles. The van der Waals surface area contributed by atoms with Crippen LogP contribution in [0.4, 0.5) is 13.2 Å². The highest BCUT2D eigenvalue weighted by molar-refractivity contribution is 6.07. The average molecular weight is 297 g/mol. The smallest absolute Gasteiger partial charge is 0.395 e. The molecule has 112 valence electrons. The van der Waals surface area contributed by atoms with Gasteiger partial charge in [-0.3, -0.25) is 4.79 Å². The fraction of sp³-hybridized carbons (Fsp3) is 0.267. The highest BCUT2D eigenvalue weighted by Crippen LogP contribution is 2.22. The number of benzene rings is 2. The normalized spacial score (nSPS) is 11.6. The number of aliphatic hydroxyl groups is 1. The van der Waals surface area contributed by atoms with E-state index in [9.17, 15) is 18.0 Å². The SMILES string of the molecule is O=C(c1cccc2ccccc12)N(CCO)CC(F)(F)F. The summed E-state index contributed by atoms with van der Waals surface area (Å²) in [6.07, 6.45) is -4.50. The van der Waals surface area contributed by atoms with Crippen LogP contribution in [0.1, 0.15) is 10.4 Å². The Morgan fingerprint density at radius 2 is 1.76 bits per heavy atom. The molecule has 2 aromatic rings. The molecule has 1 N–H and O–H groups in total. The standard InChI is InChI=1S/C15H14F3NO2/c16-15(17,18)10-19(8-9-20)14(21)13-7-3-5-11-4-1-2-6-12(11)13/h1-7,20H,8-10H2. The number of nitrogens with zero attached hydrogens (tertiary/aromatic N) is 1. The Morgan fingerprint density at radius 3 is 2.43 bits per heavy atom. The van der Waals surface area contributed by atoms with E-state index in [4.69, 9.17) is 5.11 Å². The molecule has 0 atom stereocenters. The van der Waals surface area contributed by atoms with Crippen molar-refractivity contribution in [2.24, 2.45) is 0 Å². The number of halogens is 3. The molecule has 0 fully saturated rings. The number of fused-ring (bicyclic) bond motifs is 1. The molecule has 0 aliphatic rings. The Kier molecular flexibility index (Phi) is 4.47. The van der Waals surface area contributed by atoms with E-state index < -0.39 is 25.2 Å². The third-order valence-corrected chi connectivity index (χ3v) is 3.05. The molecule has 6 heteroatoms. The summed E-state index contributed by atoms with van der Waals surface area (Å²) >= 11 is 0. The Labute approximate surface area is 119 Å². The predicted octanol–water partition coefficient (Wildman–Crippen LogP) is 2.84. The van der Waals surface area contributed by atoms with Crippen molar-refractivity contribution in [1.82, 2.24) is 4.90 Å². The van der Waals surface area contributed by atoms with Crippen molar-refractivity contribution >= 4 is 16.7 Å². The summed E-state index contributed by atoms with van der Waals surface area (Å²) < 4.78 is 37.6. The first-order chi connectivity index (χ1) is 9.92. The molecule has 0 aromatic heterocycles. The summed E-state index contributed by atoms with van der Waals surface area (Å²) in [6, 6.07) is 11.9. The van der Waals surface area contributed by atoms with E-state index in [1.54, 1.807) is 36.4 Å². The van der Waals surface area contributed by atoms with Gasteiger partial charge in [-0.1, -0.05) is 36.4 Å². The molecule has 3 nitrogen and oxygen atoms in total. The zero-order valence-electron chi connectivity index (χ0n) is 11.1. The van der Waals surface area contributed by atoms with Crippen LogP contribution >= 0.6 is 0 Å². The fourth-order valence-electron chi connectivity index (χ4n) is 2.17. The van der Waals surface area contributed by atoms with Crippen molar-refractivity contribution < 1.29 is 23.1 Å². The molecule has 0 unspecified atom stereocenters. The number of aliphatic hydroxyl groups excluding tert-OH is 1. The van der Waals surface area contributed by atoms with Crippen LogP contribution in [0, 0.1) is 0 Å². The fourth-order valence-corrected chi connectivity index (χ4v) is 2.17. The number of hydrogen-bond acceptors (Lipinski definition) is 2. The Balaban J connectivity index is 2.39. The maximum atomic E-state index is 12.5. The summed E-state index contributed by atoms with van der Waals surface area (Å²) in [5, 5.41) is 10.3.